The molecule has 4 N–H and O–H groups in total. The zero-order valence-corrected chi connectivity index (χ0v) is 25.4. The third kappa shape index (κ3) is 7.63. The number of hydrogen-bond donors (Lipinski definition) is 4. The van der Waals surface area contributed by atoms with Crippen LogP contribution in [-0.4, -0.2) is 44.3 Å². The molecule has 5 aromatic rings. The number of rotatable bonds is 9. The summed E-state index contributed by atoms with van der Waals surface area (Å²) in [5.41, 5.74) is 3.58. The van der Waals surface area contributed by atoms with Crippen molar-refractivity contribution in [1.29, 1.82) is 0 Å². The number of carbonyl (C=O) groups excluding carboxylic acids is 2. The largest absolute Gasteiger partial charge is 0.480 e. The number of nitrogens with zero attached hydrogens (tertiary/aromatic N) is 3. The summed E-state index contributed by atoms with van der Waals surface area (Å²) < 4.78 is 7.90. The van der Waals surface area contributed by atoms with Gasteiger partial charge in [-0.15, -0.1) is 0 Å². The highest BCUT2D eigenvalue weighted by atomic mass is 16.5. The number of hydrogen-bond acceptors (Lipinski definition) is 6. The zero-order chi connectivity index (χ0) is 32.1. The first-order valence-electron chi connectivity index (χ1n) is 14.3. The van der Waals surface area contributed by atoms with Crippen molar-refractivity contribution < 1.29 is 24.2 Å². The topological polar surface area (TPSA) is 147 Å². The summed E-state index contributed by atoms with van der Waals surface area (Å²) in [4.78, 5) is 40.3. The molecule has 0 aliphatic heterocycles. The van der Waals surface area contributed by atoms with Crippen molar-refractivity contribution >= 4 is 40.2 Å². The van der Waals surface area contributed by atoms with Gasteiger partial charge in [-0.05, 0) is 37.3 Å². The maximum absolute atomic E-state index is 13.3. The number of anilines is 2. The SMILES string of the molecule is Cc1ccc(-n2nc(C(C)(C)C)cc2NC(=O)Nc2ccc(Oc3ccnc(CC(=O)NCC(=O)O)c3)c3ccccc23)cc1. The lowest BCUT2D eigenvalue weighted by Gasteiger charge is -2.14. The second kappa shape index (κ2) is 12.9. The van der Waals surface area contributed by atoms with Gasteiger partial charge in [-0.1, -0.05) is 62.7 Å². The van der Waals surface area contributed by atoms with Crippen LogP contribution in [0.1, 0.15) is 37.7 Å². The van der Waals surface area contributed by atoms with Gasteiger partial charge in [0.15, 0.2) is 0 Å². The van der Waals surface area contributed by atoms with Gasteiger partial charge in [-0.2, -0.15) is 5.10 Å². The van der Waals surface area contributed by atoms with Gasteiger partial charge in [-0.25, -0.2) is 9.48 Å². The minimum Gasteiger partial charge on any atom is -0.480 e. The van der Waals surface area contributed by atoms with Crippen LogP contribution in [0.15, 0.2) is 85.1 Å². The van der Waals surface area contributed by atoms with E-state index in [0.29, 0.717) is 28.7 Å². The van der Waals surface area contributed by atoms with Gasteiger partial charge in [0.1, 0.15) is 23.9 Å². The Morgan fingerprint density at radius 2 is 1.64 bits per heavy atom. The number of pyridine rings is 1. The van der Waals surface area contributed by atoms with Crippen LogP contribution in [0.3, 0.4) is 0 Å². The third-order valence-electron chi connectivity index (χ3n) is 6.92. The van der Waals surface area contributed by atoms with Crippen molar-refractivity contribution in [2.75, 3.05) is 17.2 Å². The first kappa shape index (κ1) is 30.7. The van der Waals surface area contributed by atoms with Gasteiger partial charge in [-0.3, -0.25) is 19.9 Å². The van der Waals surface area contributed by atoms with Gasteiger partial charge < -0.3 is 20.5 Å². The minimum absolute atomic E-state index is 0.0940. The quantitative estimate of drug-likeness (QED) is 0.156. The normalized spacial score (nSPS) is 11.2. The number of benzene rings is 3. The number of aromatic nitrogens is 3. The lowest BCUT2D eigenvalue weighted by Crippen LogP contribution is -2.30. The Kier molecular flexibility index (Phi) is 8.80. The van der Waals surface area contributed by atoms with Crippen LogP contribution in [-0.2, 0) is 21.4 Å². The molecule has 11 nitrogen and oxygen atoms in total. The molecule has 3 aromatic carbocycles. The van der Waals surface area contributed by atoms with Crippen molar-refractivity contribution in [2.45, 2.75) is 39.5 Å². The number of carboxylic acids is 1. The molecule has 2 heterocycles. The molecular formula is C34H34N6O5. The Hall–Kier alpha value is -5.71. The van der Waals surface area contributed by atoms with E-state index >= 15 is 0 Å². The van der Waals surface area contributed by atoms with E-state index in [9.17, 15) is 14.4 Å². The molecule has 0 aliphatic carbocycles. The second-order valence-electron chi connectivity index (χ2n) is 11.6. The maximum atomic E-state index is 13.3. The fourth-order valence-electron chi connectivity index (χ4n) is 4.60. The van der Waals surface area contributed by atoms with E-state index < -0.39 is 24.5 Å². The van der Waals surface area contributed by atoms with Crippen molar-refractivity contribution in [3.63, 3.8) is 0 Å². The Bertz CT molecular complexity index is 1870. The van der Waals surface area contributed by atoms with Crippen molar-refractivity contribution in [2.24, 2.45) is 0 Å². The summed E-state index contributed by atoms with van der Waals surface area (Å²) in [7, 11) is 0. The van der Waals surface area contributed by atoms with Crippen LogP contribution in [0.5, 0.6) is 11.5 Å². The van der Waals surface area contributed by atoms with Crippen LogP contribution < -0.4 is 20.7 Å². The molecule has 0 saturated carbocycles. The highest BCUT2D eigenvalue weighted by Crippen LogP contribution is 2.35. The Morgan fingerprint density at radius 3 is 2.36 bits per heavy atom. The molecule has 0 fully saturated rings. The van der Waals surface area contributed by atoms with E-state index in [2.05, 4.69) is 41.7 Å². The Labute approximate surface area is 260 Å². The Balaban J connectivity index is 1.35. The standard InChI is InChI=1S/C34H34N6O5/c1-21-9-11-23(12-10-21)40-30(19-29(39-40)34(2,3)4)38-33(44)37-27-13-14-28(26-8-6-5-7-25(26)27)45-24-15-16-35-22(17-24)18-31(41)36-20-32(42)43/h5-17,19H,18,20H2,1-4H3,(H,36,41)(H,42,43)(H2,37,38,44). The molecule has 45 heavy (non-hydrogen) atoms. The number of carbonyl (C=O) groups is 3. The van der Waals surface area contributed by atoms with Gasteiger partial charge in [0, 0.05) is 34.5 Å². The summed E-state index contributed by atoms with van der Waals surface area (Å²) in [5.74, 6) is -0.0578. The molecule has 11 heteroatoms. The maximum Gasteiger partial charge on any atom is 0.324 e. The van der Waals surface area contributed by atoms with Gasteiger partial charge >= 0.3 is 12.0 Å². The molecular weight excluding hydrogens is 572 g/mol. The molecule has 0 saturated heterocycles. The van der Waals surface area contributed by atoms with Crippen LogP contribution in [0, 0.1) is 6.92 Å². The van der Waals surface area contributed by atoms with Crippen molar-refractivity contribution in [3.8, 4) is 17.2 Å². The fourth-order valence-corrected chi connectivity index (χ4v) is 4.60. The smallest absolute Gasteiger partial charge is 0.324 e. The summed E-state index contributed by atoms with van der Waals surface area (Å²) in [5, 5.41) is 23.3. The van der Waals surface area contributed by atoms with E-state index in [1.165, 1.54) is 6.20 Å². The number of amides is 3. The number of carboxylic acid groups (broad SMARTS) is 1. The van der Waals surface area contributed by atoms with Crippen LogP contribution >= 0.6 is 0 Å². The van der Waals surface area contributed by atoms with E-state index in [4.69, 9.17) is 14.9 Å². The molecule has 0 radical (unpaired) electrons. The molecule has 5 rings (SSSR count). The lowest BCUT2D eigenvalue weighted by molar-refractivity contribution is -0.137. The molecule has 230 valence electrons. The van der Waals surface area contributed by atoms with E-state index in [0.717, 1.165) is 27.7 Å². The predicted octanol–water partition coefficient (Wildman–Crippen LogP) is 6.21. The number of urea groups is 1. The van der Waals surface area contributed by atoms with Gasteiger partial charge in [0.25, 0.3) is 0 Å². The molecule has 0 atom stereocenters. The van der Waals surface area contributed by atoms with Crippen LogP contribution in [0.2, 0.25) is 0 Å². The first-order valence-corrected chi connectivity index (χ1v) is 14.3. The minimum atomic E-state index is -1.13. The molecule has 0 unspecified atom stereocenters. The van der Waals surface area contributed by atoms with Crippen LogP contribution in [0.25, 0.3) is 16.5 Å². The number of aliphatic carboxylic acids is 1. The summed E-state index contributed by atoms with van der Waals surface area (Å²) in [6.45, 7) is 7.76. The zero-order valence-electron chi connectivity index (χ0n) is 25.4. The van der Waals surface area contributed by atoms with E-state index in [-0.39, 0.29) is 11.8 Å². The van der Waals surface area contributed by atoms with E-state index in [1.807, 2.05) is 61.5 Å². The summed E-state index contributed by atoms with van der Waals surface area (Å²) in [6.07, 6.45) is 1.42. The van der Waals surface area contributed by atoms with Gasteiger partial charge in [0.2, 0.25) is 5.91 Å². The fraction of sp³-hybridized carbons (Fsp3) is 0.206. The molecule has 0 spiro atoms. The summed E-state index contributed by atoms with van der Waals surface area (Å²) in [6, 6.07) is 23.7. The average Bonchev–Trinajstić information content (AvgIpc) is 3.42. The highest BCUT2D eigenvalue weighted by Gasteiger charge is 2.22. The molecule has 2 aromatic heterocycles. The lowest BCUT2D eigenvalue weighted by atomic mass is 9.92. The predicted molar refractivity (Wildman–Crippen MR) is 172 cm³/mol. The van der Waals surface area contributed by atoms with Crippen LogP contribution in [0.4, 0.5) is 16.3 Å². The number of ether oxygens (including phenoxy) is 1. The monoisotopic (exact) mass is 606 g/mol. The number of nitrogens with one attached hydrogen (secondary N) is 3. The van der Waals surface area contributed by atoms with E-state index in [1.54, 1.807) is 28.9 Å². The van der Waals surface area contributed by atoms with Crippen molar-refractivity contribution in [1.82, 2.24) is 20.1 Å². The molecule has 3 amide bonds. The summed E-state index contributed by atoms with van der Waals surface area (Å²) >= 11 is 0. The number of aryl methyl sites for hydroxylation is 1. The second-order valence-corrected chi connectivity index (χ2v) is 11.6. The Morgan fingerprint density at radius 1 is 0.911 bits per heavy atom. The van der Waals surface area contributed by atoms with Gasteiger partial charge in [0.05, 0.1) is 29.2 Å². The highest BCUT2D eigenvalue weighted by molar-refractivity contribution is 6.07. The molecule has 0 bridgehead atoms. The average molecular weight is 607 g/mol. The van der Waals surface area contributed by atoms with Crippen molar-refractivity contribution in [3.05, 3.63) is 102 Å². The third-order valence-corrected chi connectivity index (χ3v) is 6.92. The molecule has 0 aliphatic rings. The first-order chi connectivity index (χ1) is 21.5. The number of fused-ring (bicyclic) bond motifs is 1.